The minimum atomic E-state index is 0.108. The van der Waals surface area contributed by atoms with E-state index in [4.69, 9.17) is 5.73 Å². The van der Waals surface area contributed by atoms with Crippen molar-refractivity contribution in [2.45, 2.75) is 70.5 Å². The lowest BCUT2D eigenvalue weighted by Crippen LogP contribution is -2.53. The predicted octanol–water partition coefficient (Wildman–Crippen LogP) is 1.74. The molecule has 0 aliphatic carbocycles. The van der Waals surface area contributed by atoms with E-state index >= 15 is 0 Å². The van der Waals surface area contributed by atoms with E-state index in [-0.39, 0.29) is 18.7 Å². The highest BCUT2D eigenvalue weighted by Crippen LogP contribution is 2.22. The van der Waals surface area contributed by atoms with E-state index in [1.807, 2.05) is 0 Å². The molecule has 1 heterocycles. The second-order valence-electron chi connectivity index (χ2n) is 4.97. The number of rotatable bonds is 5. The van der Waals surface area contributed by atoms with Gasteiger partial charge in [0.05, 0.1) is 6.61 Å². The molecule has 3 heteroatoms. The molecule has 1 aliphatic heterocycles. The van der Waals surface area contributed by atoms with Gasteiger partial charge in [0.2, 0.25) is 0 Å². The summed E-state index contributed by atoms with van der Waals surface area (Å²) >= 11 is 0. The monoisotopic (exact) mass is 228 g/mol. The van der Waals surface area contributed by atoms with Crippen molar-refractivity contribution in [3.05, 3.63) is 0 Å². The predicted molar refractivity (Wildman–Crippen MR) is 68.4 cm³/mol. The van der Waals surface area contributed by atoms with Crippen LogP contribution in [0.1, 0.15) is 52.4 Å². The smallest absolute Gasteiger partial charge is 0.0602 e. The molecule has 3 atom stereocenters. The molecule has 1 rings (SSSR count). The zero-order chi connectivity index (χ0) is 12.0. The zero-order valence-electron chi connectivity index (χ0n) is 10.9. The number of hydrogen-bond acceptors (Lipinski definition) is 3. The number of aliphatic hydroxyl groups excluding tert-OH is 1. The largest absolute Gasteiger partial charge is 0.395 e. The van der Waals surface area contributed by atoms with Crippen LogP contribution in [0, 0.1) is 0 Å². The molecule has 0 amide bonds. The van der Waals surface area contributed by atoms with Gasteiger partial charge in [0, 0.05) is 18.1 Å². The first-order valence-corrected chi connectivity index (χ1v) is 6.86. The average Bonchev–Trinajstić information content (AvgIpc) is 2.55. The quantitative estimate of drug-likeness (QED) is 0.753. The number of likely N-dealkylation sites (tertiary alicyclic amines) is 1. The summed E-state index contributed by atoms with van der Waals surface area (Å²) in [5.74, 6) is 0. The Bertz CT molecular complexity index is 187. The van der Waals surface area contributed by atoms with E-state index in [0.29, 0.717) is 6.04 Å². The van der Waals surface area contributed by atoms with Gasteiger partial charge in [-0.25, -0.2) is 0 Å². The van der Waals surface area contributed by atoms with Crippen LogP contribution in [0.15, 0.2) is 0 Å². The lowest BCUT2D eigenvalue weighted by Gasteiger charge is -2.38. The Morgan fingerprint density at radius 3 is 2.62 bits per heavy atom. The maximum absolute atomic E-state index is 9.56. The summed E-state index contributed by atoms with van der Waals surface area (Å²) in [4.78, 5) is 2.47. The summed E-state index contributed by atoms with van der Waals surface area (Å²) in [7, 11) is 0. The van der Waals surface area contributed by atoms with Crippen molar-refractivity contribution >= 4 is 0 Å². The van der Waals surface area contributed by atoms with Crippen LogP contribution in [0.2, 0.25) is 0 Å². The highest BCUT2D eigenvalue weighted by atomic mass is 16.3. The molecule has 1 saturated heterocycles. The maximum Gasteiger partial charge on any atom is 0.0602 e. The number of nitrogens with two attached hydrogens (primary N) is 1. The van der Waals surface area contributed by atoms with Crippen LogP contribution < -0.4 is 5.73 Å². The van der Waals surface area contributed by atoms with Crippen LogP contribution in [0.5, 0.6) is 0 Å². The summed E-state index contributed by atoms with van der Waals surface area (Å²) in [6.07, 6.45) is 7.29. The zero-order valence-corrected chi connectivity index (χ0v) is 10.9. The molecule has 0 saturated carbocycles. The highest BCUT2D eigenvalue weighted by molar-refractivity contribution is 4.86. The molecule has 0 bridgehead atoms. The maximum atomic E-state index is 9.56. The van der Waals surface area contributed by atoms with E-state index in [1.54, 1.807) is 0 Å². The Morgan fingerprint density at radius 2 is 2.06 bits per heavy atom. The van der Waals surface area contributed by atoms with E-state index in [2.05, 4.69) is 18.7 Å². The molecule has 0 spiro atoms. The van der Waals surface area contributed by atoms with Crippen LogP contribution in [0.25, 0.3) is 0 Å². The second kappa shape index (κ2) is 7.25. The minimum absolute atomic E-state index is 0.108. The fraction of sp³-hybridized carbons (Fsp3) is 1.00. The van der Waals surface area contributed by atoms with Crippen LogP contribution in [0.3, 0.4) is 0 Å². The molecule has 96 valence electrons. The van der Waals surface area contributed by atoms with Gasteiger partial charge >= 0.3 is 0 Å². The third-order valence-electron chi connectivity index (χ3n) is 3.97. The summed E-state index contributed by atoms with van der Waals surface area (Å²) in [5, 5.41) is 9.56. The number of aliphatic hydroxyl groups is 1. The van der Waals surface area contributed by atoms with E-state index < -0.39 is 0 Å². The molecule has 0 aromatic carbocycles. The summed E-state index contributed by atoms with van der Waals surface area (Å²) in [5.41, 5.74) is 6.12. The molecular formula is C13H28N2O. The third kappa shape index (κ3) is 3.44. The first-order valence-electron chi connectivity index (χ1n) is 6.86. The van der Waals surface area contributed by atoms with Gasteiger partial charge in [-0.2, -0.15) is 0 Å². The number of nitrogens with zero attached hydrogens (tertiary/aromatic N) is 1. The van der Waals surface area contributed by atoms with Crippen LogP contribution in [-0.2, 0) is 0 Å². The van der Waals surface area contributed by atoms with Gasteiger partial charge < -0.3 is 10.8 Å². The first kappa shape index (κ1) is 13.9. The summed E-state index contributed by atoms with van der Waals surface area (Å²) in [6.45, 7) is 5.66. The van der Waals surface area contributed by atoms with Crippen molar-refractivity contribution in [2.24, 2.45) is 5.73 Å². The van der Waals surface area contributed by atoms with Crippen molar-refractivity contribution in [1.29, 1.82) is 0 Å². The minimum Gasteiger partial charge on any atom is -0.395 e. The van der Waals surface area contributed by atoms with Gasteiger partial charge in [0.25, 0.3) is 0 Å². The standard InChI is InChI=1S/C13H28N2O/c1-3-11-8-6-5-7-9-15(11)13(10-16)12(14)4-2/h11-13,16H,3-10,14H2,1-2H3. The van der Waals surface area contributed by atoms with Gasteiger partial charge in [0.15, 0.2) is 0 Å². The van der Waals surface area contributed by atoms with Crippen LogP contribution in [0.4, 0.5) is 0 Å². The van der Waals surface area contributed by atoms with Crippen LogP contribution in [-0.4, -0.2) is 41.3 Å². The van der Waals surface area contributed by atoms with Gasteiger partial charge in [-0.15, -0.1) is 0 Å². The van der Waals surface area contributed by atoms with E-state index in [9.17, 15) is 5.11 Å². The highest BCUT2D eigenvalue weighted by Gasteiger charge is 2.29. The second-order valence-corrected chi connectivity index (χ2v) is 4.97. The molecule has 3 nitrogen and oxygen atoms in total. The molecule has 1 fully saturated rings. The van der Waals surface area contributed by atoms with E-state index in [1.165, 1.54) is 32.1 Å². The molecule has 1 aliphatic rings. The molecule has 3 unspecified atom stereocenters. The molecule has 16 heavy (non-hydrogen) atoms. The van der Waals surface area contributed by atoms with Crippen molar-refractivity contribution in [3.63, 3.8) is 0 Å². The Morgan fingerprint density at radius 1 is 1.31 bits per heavy atom. The topological polar surface area (TPSA) is 49.5 Å². The van der Waals surface area contributed by atoms with Gasteiger partial charge in [-0.1, -0.05) is 26.7 Å². The van der Waals surface area contributed by atoms with E-state index in [0.717, 1.165) is 13.0 Å². The van der Waals surface area contributed by atoms with Crippen LogP contribution >= 0.6 is 0 Å². The van der Waals surface area contributed by atoms with Gasteiger partial charge in [-0.3, -0.25) is 4.90 Å². The van der Waals surface area contributed by atoms with Gasteiger partial charge in [-0.05, 0) is 32.2 Å². The summed E-state index contributed by atoms with van der Waals surface area (Å²) in [6, 6.07) is 0.891. The normalized spacial score (nSPS) is 27.4. The first-order chi connectivity index (χ1) is 7.74. The SMILES string of the molecule is CCC(N)C(CO)N1CCCCCC1CC. The van der Waals surface area contributed by atoms with Crippen molar-refractivity contribution < 1.29 is 5.11 Å². The molecular weight excluding hydrogens is 200 g/mol. The molecule has 3 N–H and O–H groups in total. The Balaban J connectivity index is 2.69. The molecule has 0 radical (unpaired) electrons. The summed E-state index contributed by atoms with van der Waals surface area (Å²) < 4.78 is 0. The lowest BCUT2D eigenvalue weighted by molar-refractivity contribution is 0.0657. The van der Waals surface area contributed by atoms with Gasteiger partial charge in [0.1, 0.15) is 0 Å². The average molecular weight is 228 g/mol. The fourth-order valence-electron chi connectivity index (χ4n) is 2.83. The Labute approximate surface area is 100 Å². The van der Waals surface area contributed by atoms with Crippen molar-refractivity contribution in [2.75, 3.05) is 13.2 Å². The van der Waals surface area contributed by atoms with Crippen molar-refractivity contribution in [3.8, 4) is 0 Å². The Hall–Kier alpha value is -0.120. The third-order valence-corrected chi connectivity index (χ3v) is 3.97. The lowest BCUT2D eigenvalue weighted by atomic mass is 10.0. The fourth-order valence-corrected chi connectivity index (χ4v) is 2.83. The molecule has 0 aromatic rings. The Kier molecular flexibility index (Phi) is 6.32. The number of hydrogen-bond donors (Lipinski definition) is 2. The van der Waals surface area contributed by atoms with Crippen molar-refractivity contribution in [1.82, 2.24) is 4.90 Å². The molecule has 0 aromatic heterocycles.